The van der Waals surface area contributed by atoms with E-state index in [1.807, 2.05) is 12.1 Å². The third kappa shape index (κ3) is 2.97. The van der Waals surface area contributed by atoms with E-state index in [0.29, 0.717) is 19.6 Å². The minimum Gasteiger partial charge on any atom is -0.508 e. The van der Waals surface area contributed by atoms with Gasteiger partial charge in [0.25, 0.3) is 0 Å². The molecule has 1 fully saturated rings. The Labute approximate surface area is 94.2 Å². The molecule has 1 unspecified atom stereocenters. The lowest BCUT2D eigenvalue weighted by molar-refractivity contribution is -0.120. The van der Waals surface area contributed by atoms with Gasteiger partial charge in [-0.3, -0.25) is 4.79 Å². The Morgan fingerprint density at radius 3 is 2.88 bits per heavy atom. The molecule has 4 heteroatoms. The number of nitrogens with one attached hydrogen (secondary N) is 1. The Hall–Kier alpha value is -1.55. The summed E-state index contributed by atoms with van der Waals surface area (Å²) in [6.07, 6.45) is 1.21. The van der Waals surface area contributed by atoms with Crippen LogP contribution in [0.1, 0.15) is 12.0 Å². The van der Waals surface area contributed by atoms with Crippen molar-refractivity contribution < 1.29 is 14.6 Å². The van der Waals surface area contributed by atoms with Gasteiger partial charge in [0.1, 0.15) is 5.75 Å². The van der Waals surface area contributed by atoms with E-state index < -0.39 is 0 Å². The van der Waals surface area contributed by atoms with Gasteiger partial charge in [-0.05, 0) is 17.7 Å². The highest BCUT2D eigenvalue weighted by atomic mass is 16.5. The van der Waals surface area contributed by atoms with Gasteiger partial charge in [0.2, 0.25) is 5.91 Å². The predicted molar refractivity (Wildman–Crippen MR) is 59.2 cm³/mol. The van der Waals surface area contributed by atoms with Crippen LogP contribution in [0.3, 0.4) is 0 Å². The molecule has 0 aliphatic carbocycles. The van der Waals surface area contributed by atoms with E-state index in [-0.39, 0.29) is 17.8 Å². The number of ether oxygens (including phenoxy) is 1. The lowest BCUT2D eigenvalue weighted by atomic mass is 10.1. The third-order valence-electron chi connectivity index (χ3n) is 2.61. The minimum absolute atomic E-state index is 0.0241. The van der Waals surface area contributed by atoms with Gasteiger partial charge in [-0.2, -0.15) is 0 Å². The number of carbonyl (C=O) groups excluding carboxylic acids is 1. The number of aromatic hydroxyl groups is 1. The van der Waals surface area contributed by atoms with Gasteiger partial charge in [-0.15, -0.1) is 0 Å². The van der Waals surface area contributed by atoms with E-state index in [2.05, 4.69) is 5.32 Å². The second-order valence-corrected chi connectivity index (χ2v) is 3.92. The molecule has 0 bridgehead atoms. The molecule has 1 amide bonds. The smallest absolute Gasteiger partial charge is 0.222 e. The predicted octanol–water partition coefficient (Wildman–Crippen LogP) is 0.840. The summed E-state index contributed by atoms with van der Waals surface area (Å²) in [7, 11) is 0. The second-order valence-electron chi connectivity index (χ2n) is 3.92. The highest BCUT2D eigenvalue weighted by Gasteiger charge is 2.16. The van der Waals surface area contributed by atoms with E-state index in [0.717, 1.165) is 12.0 Å². The Morgan fingerprint density at radius 2 is 2.12 bits per heavy atom. The van der Waals surface area contributed by atoms with Crippen molar-refractivity contribution >= 4 is 5.91 Å². The van der Waals surface area contributed by atoms with Gasteiger partial charge < -0.3 is 15.2 Å². The summed E-state index contributed by atoms with van der Waals surface area (Å²) in [5, 5.41) is 12.0. The quantitative estimate of drug-likeness (QED) is 0.778. The zero-order valence-corrected chi connectivity index (χ0v) is 8.98. The molecule has 0 radical (unpaired) electrons. The fraction of sp³-hybridized carbons (Fsp3) is 0.417. The third-order valence-corrected chi connectivity index (χ3v) is 2.61. The number of rotatable bonds is 2. The van der Waals surface area contributed by atoms with Crippen LogP contribution >= 0.6 is 0 Å². The van der Waals surface area contributed by atoms with E-state index in [1.165, 1.54) is 0 Å². The number of phenols is 1. The van der Waals surface area contributed by atoms with Gasteiger partial charge >= 0.3 is 0 Å². The first kappa shape index (κ1) is 11.0. The van der Waals surface area contributed by atoms with Crippen LogP contribution in [0.15, 0.2) is 24.3 Å². The van der Waals surface area contributed by atoms with Crippen LogP contribution in [-0.4, -0.2) is 30.3 Å². The monoisotopic (exact) mass is 221 g/mol. The van der Waals surface area contributed by atoms with Crippen LogP contribution in [0.5, 0.6) is 5.75 Å². The maximum absolute atomic E-state index is 11.1. The Balaban J connectivity index is 1.93. The van der Waals surface area contributed by atoms with Gasteiger partial charge in [-0.1, -0.05) is 12.1 Å². The molecular weight excluding hydrogens is 206 g/mol. The van der Waals surface area contributed by atoms with Crippen molar-refractivity contribution in [3.8, 4) is 5.75 Å². The van der Waals surface area contributed by atoms with Gasteiger partial charge in [0.15, 0.2) is 0 Å². The molecule has 1 saturated heterocycles. The number of amides is 1. The summed E-state index contributed by atoms with van der Waals surface area (Å²) in [6.45, 7) is 1.04. The van der Waals surface area contributed by atoms with Crippen molar-refractivity contribution in [1.82, 2.24) is 5.32 Å². The Kier molecular flexibility index (Phi) is 3.41. The van der Waals surface area contributed by atoms with Crippen LogP contribution in [0.25, 0.3) is 0 Å². The lowest BCUT2D eigenvalue weighted by Gasteiger charge is -2.14. The molecule has 1 atom stereocenters. The fourth-order valence-electron chi connectivity index (χ4n) is 1.72. The van der Waals surface area contributed by atoms with Gasteiger partial charge in [0, 0.05) is 19.4 Å². The molecular formula is C12H15NO3. The molecule has 1 aromatic carbocycles. The summed E-state index contributed by atoms with van der Waals surface area (Å²) < 4.78 is 5.56. The average Bonchev–Trinajstić information content (AvgIpc) is 2.47. The standard InChI is InChI=1S/C12H15NO3/c14-10-3-1-9(2-4-10)7-11-8-13-12(15)5-6-16-11/h1-4,11,14H,5-8H2,(H,13,15). The fourth-order valence-corrected chi connectivity index (χ4v) is 1.72. The van der Waals surface area contributed by atoms with Crippen LogP contribution in [-0.2, 0) is 16.0 Å². The highest BCUT2D eigenvalue weighted by molar-refractivity contribution is 5.76. The summed E-state index contributed by atoms with van der Waals surface area (Å²) in [5.41, 5.74) is 1.10. The number of hydrogen-bond acceptors (Lipinski definition) is 3. The van der Waals surface area contributed by atoms with Crippen LogP contribution in [0.4, 0.5) is 0 Å². The molecule has 2 rings (SSSR count). The first-order chi connectivity index (χ1) is 7.74. The van der Waals surface area contributed by atoms with Crippen molar-refractivity contribution in [2.24, 2.45) is 0 Å². The van der Waals surface area contributed by atoms with Crippen molar-refractivity contribution in [1.29, 1.82) is 0 Å². The number of hydrogen-bond donors (Lipinski definition) is 2. The molecule has 1 aliphatic heterocycles. The van der Waals surface area contributed by atoms with E-state index in [9.17, 15) is 4.79 Å². The highest BCUT2D eigenvalue weighted by Crippen LogP contribution is 2.13. The summed E-state index contributed by atoms with van der Waals surface area (Å²) in [6, 6.07) is 7.05. The molecule has 16 heavy (non-hydrogen) atoms. The molecule has 0 saturated carbocycles. The maximum atomic E-state index is 11.1. The van der Waals surface area contributed by atoms with Crippen molar-refractivity contribution in [2.45, 2.75) is 18.9 Å². The van der Waals surface area contributed by atoms with E-state index in [4.69, 9.17) is 9.84 Å². The van der Waals surface area contributed by atoms with Crippen molar-refractivity contribution in [3.05, 3.63) is 29.8 Å². The van der Waals surface area contributed by atoms with E-state index >= 15 is 0 Å². The second kappa shape index (κ2) is 4.99. The first-order valence-corrected chi connectivity index (χ1v) is 5.40. The van der Waals surface area contributed by atoms with Crippen molar-refractivity contribution in [3.63, 3.8) is 0 Å². The number of phenolic OH excluding ortho intramolecular Hbond substituents is 1. The summed E-state index contributed by atoms with van der Waals surface area (Å²) in [5.74, 6) is 0.312. The zero-order chi connectivity index (χ0) is 11.4. The molecule has 86 valence electrons. The molecule has 0 spiro atoms. The SMILES string of the molecule is O=C1CCOC(Cc2ccc(O)cc2)CN1. The maximum Gasteiger partial charge on any atom is 0.222 e. The molecule has 1 heterocycles. The van der Waals surface area contributed by atoms with Crippen LogP contribution in [0.2, 0.25) is 0 Å². The van der Waals surface area contributed by atoms with Crippen molar-refractivity contribution in [2.75, 3.05) is 13.2 Å². The minimum atomic E-state index is 0.0241. The average molecular weight is 221 g/mol. The largest absolute Gasteiger partial charge is 0.508 e. The molecule has 1 aliphatic rings. The van der Waals surface area contributed by atoms with Gasteiger partial charge in [-0.25, -0.2) is 0 Å². The van der Waals surface area contributed by atoms with E-state index in [1.54, 1.807) is 12.1 Å². The van der Waals surface area contributed by atoms with Crippen LogP contribution < -0.4 is 5.32 Å². The van der Waals surface area contributed by atoms with Crippen LogP contribution in [0, 0.1) is 0 Å². The van der Waals surface area contributed by atoms with Gasteiger partial charge in [0.05, 0.1) is 12.7 Å². The Bertz CT molecular complexity index is 361. The molecule has 1 aromatic rings. The summed E-state index contributed by atoms with van der Waals surface area (Å²) >= 11 is 0. The lowest BCUT2D eigenvalue weighted by Crippen LogP contribution is -2.30. The topological polar surface area (TPSA) is 58.6 Å². The molecule has 0 aromatic heterocycles. The Morgan fingerprint density at radius 1 is 1.38 bits per heavy atom. The molecule has 4 nitrogen and oxygen atoms in total. The zero-order valence-electron chi connectivity index (χ0n) is 8.98. The summed E-state index contributed by atoms with van der Waals surface area (Å²) in [4.78, 5) is 11.1. The number of carbonyl (C=O) groups is 1. The number of benzene rings is 1. The first-order valence-electron chi connectivity index (χ1n) is 5.40. The normalized spacial score (nSPS) is 21.2. The molecule has 2 N–H and O–H groups in total.